The smallest absolute Gasteiger partial charge is 0.130 e. The van der Waals surface area contributed by atoms with E-state index in [1.54, 1.807) is 6.07 Å². The summed E-state index contributed by atoms with van der Waals surface area (Å²) in [4.78, 5) is 0. The lowest BCUT2D eigenvalue weighted by Gasteiger charge is -2.08. The van der Waals surface area contributed by atoms with Crippen molar-refractivity contribution in [3.63, 3.8) is 0 Å². The van der Waals surface area contributed by atoms with Crippen molar-refractivity contribution in [2.75, 3.05) is 11.9 Å². The SMILES string of the molecule is N#CCCCCNc1c(Cl)cc(Cl)c2nsnc12. The van der Waals surface area contributed by atoms with Crippen molar-refractivity contribution < 1.29 is 0 Å². The van der Waals surface area contributed by atoms with Crippen LogP contribution in [0.2, 0.25) is 10.0 Å². The van der Waals surface area contributed by atoms with Gasteiger partial charge in [-0.1, -0.05) is 23.2 Å². The molecule has 1 heterocycles. The molecule has 7 heteroatoms. The van der Waals surface area contributed by atoms with Gasteiger partial charge in [-0.3, -0.25) is 0 Å². The fraction of sp³-hybridized carbons (Fsp3) is 0.364. The van der Waals surface area contributed by atoms with Crippen LogP contribution >= 0.6 is 34.9 Å². The van der Waals surface area contributed by atoms with E-state index in [0.717, 1.165) is 36.8 Å². The minimum Gasteiger partial charge on any atom is -0.382 e. The van der Waals surface area contributed by atoms with Gasteiger partial charge in [-0.05, 0) is 18.9 Å². The van der Waals surface area contributed by atoms with Gasteiger partial charge in [0, 0.05) is 13.0 Å². The summed E-state index contributed by atoms with van der Waals surface area (Å²) in [6.07, 6.45) is 2.35. The van der Waals surface area contributed by atoms with Crippen LogP contribution in [0.3, 0.4) is 0 Å². The first-order chi connectivity index (χ1) is 8.74. The van der Waals surface area contributed by atoms with Gasteiger partial charge in [-0.15, -0.1) is 0 Å². The van der Waals surface area contributed by atoms with Gasteiger partial charge < -0.3 is 5.32 Å². The topological polar surface area (TPSA) is 61.6 Å². The fourth-order valence-corrected chi connectivity index (χ4v) is 2.76. The van der Waals surface area contributed by atoms with Gasteiger partial charge in [0.2, 0.25) is 0 Å². The van der Waals surface area contributed by atoms with Crippen LogP contribution in [0.25, 0.3) is 11.0 Å². The molecule has 2 rings (SSSR count). The second-order valence-corrected chi connectivity index (χ2v) is 5.06. The van der Waals surface area contributed by atoms with Crippen molar-refractivity contribution in [3.05, 3.63) is 16.1 Å². The molecule has 0 aliphatic carbocycles. The van der Waals surface area contributed by atoms with Crippen molar-refractivity contribution in [2.45, 2.75) is 19.3 Å². The highest BCUT2D eigenvalue weighted by atomic mass is 35.5. The predicted molar refractivity (Wildman–Crippen MR) is 75.4 cm³/mol. The molecule has 0 atom stereocenters. The minimum atomic E-state index is 0.513. The highest BCUT2D eigenvalue weighted by Crippen LogP contribution is 2.35. The molecule has 0 saturated carbocycles. The monoisotopic (exact) mass is 300 g/mol. The summed E-state index contributed by atoms with van der Waals surface area (Å²) in [5.41, 5.74) is 2.14. The van der Waals surface area contributed by atoms with Crippen LogP contribution in [0.15, 0.2) is 6.07 Å². The van der Waals surface area contributed by atoms with Crippen LogP contribution in [0.4, 0.5) is 5.69 Å². The van der Waals surface area contributed by atoms with Gasteiger partial charge in [0.15, 0.2) is 0 Å². The van der Waals surface area contributed by atoms with Gasteiger partial charge in [0.1, 0.15) is 11.0 Å². The molecule has 18 heavy (non-hydrogen) atoms. The third-order valence-electron chi connectivity index (χ3n) is 2.46. The third kappa shape index (κ3) is 2.83. The Balaban J connectivity index is 2.13. The highest BCUT2D eigenvalue weighted by Gasteiger charge is 2.13. The molecule has 0 amide bonds. The molecule has 0 fully saturated rings. The number of rotatable bonds is 5. The Labute approximate surface area is 119 Å². The Morgan fingerprint density at radius 2 is 2.00 bits per heavy atom. The van der Waals surface area contributed by atoms with E-state index >= 15 is 0 Å². The Morgan fingerprint density at radius 1 is 1.22 bits per heavy atom. The Hall–Kier alpha value is -1.09. The second-order valence-electron chi connectivity index (χ2n) is 3.72. The van der Waals surface area contributed by atoms with Gasteiger partial charge >= 0.3 is 0 Å². The Morgan fingerprint density at radius 3 is 2.78 bits per heavy atom. The number of hydrogen-bond donors (Lipinski definition) is 1. The molecular formula is C11H10Cl2N4S. The lowest BCUT2D eigenvalue weighted by molar-refractivity contribution is 0.785. The van der Waals surface area contributed by atoms with E-state index < -0.39 is 0 Å². The van der Waals surface area contributed by atoms with Crippen molar-refractivity contribution >= 4 is 51.7 Å². The van der Waals surface area contributed by atoms with Crippen molar-refractivity contribution in [1.29, 1.82) is 5.26 Å². The maximum Gasteiger partial charge on any atom is 0.130 e. The first kappa shape index (κ1) is 13.3. The number of halogens is 2. The van der Waals surface area contributed by atoms with Crippen LogP contribution in [0.1, 0.15) is 19.3 Å². The summed E-state index contributed by atoms with van der Waals surface area (Å²) in [5, 5.41) is 12.7. The summed E-state index contributed by atoms with van der Waals surface area (Å²) in [6, 6.07) is 3.79. The lowest BCUT2D eigenvalue weighted by atomic mass is 10.2. The predicted octanol–water partition coefficient (Wildman–Crippen LogP) is 4.10. The molecular weight excluding hydrogens is 291 g/mol. The maximum absolute atomic E-state index is 8.45. The zero-order valence-electron chi connectivity index (χ0n) is 9.41. The van der Waals surface area contributed by atoms with E-state index in [-0.39, 0.29) is 0 Å². The number of hydrogen-bond acceptors (Lipinski definition) is 5. The molecule has 4 nitrogen and oxygen atoms in total. The van der Waals surface area contributed by atoms with Gasteiger partial charge in [-0.2, -0.15) is 14.0 Å². The van der Waals surface area contributed by atoms with E-state index in [4.69, 9.17) is 28.5 Å². The molecule has 0 saturated heterocycles. The van der Waals surface area contributed by atoms with Crippen LogP contribution in [0, 0.1) is 11.3 Å². The van der Waals surface area contributed by atoms with Gasteiger partial charge in [-0.25, -0.2) is 0 Å². The van der Waals surface area contributed by atoms with E-state index in [2.05, 4.69) is 20.1 Å². The Bertz CT molecular complexity index is 590. The molecule has 2 aromatic rings. The van der Waals surface area contributed by atoms with E-state index in [1.807, 2.05) is 0 Å². The third-order valence-corrected chi connectivity index (χ3v) is 3.58. The van der Waals surface area contributed by atoms with Gasteiger partial charge in [0.05, 0.1) is 33.5 Å². The standard InChI is InChI=1S/C11H10Cl2N4S/c12-7-6-8(13)10-11(17-18-16-10)9(7)15-5-3-1-2-4-14/h6,15H,1-3,5H2. The van der Waals surface area contributed by atoms with Crippen LogP contribution in [0.5, 0.6) is 0 Å². The number of benzene rings is 1. The molecule has 0 aliphatic heterocycles. The number of anilines is 1. The molecule has 0 bridgehead atoms. The largest absolute Gasteiger partial charge is 0.382 e. The van der Waals surface area contributed by atoms with Crippen LogP contribution in [-0.2, 0) is 0 Å². The Kier molecular flexibility index (Phi) is 4.59. The molecule has 94 valence electrons. The van der Waals surface area contributed by atoms with Crippen molar-refractivity contribution in [1.82, 2.24) is 8.75 Å². The normalized spacial score (nSPS) is 10.5. The number of nitriles is 1. The average Bonchev–Trinajstić information content (AvgIpc) is 2.82. The van der Waals surface area contributed by atoms with E-state index in [1.165, 1.54) is 0 Å². The number of fused-ring (bicyclic) bond motifs is 1. The van der Waals surface area contributed by atoms with E-state index in [0.29, 0.717) is 27.5 Å². The summed E-state index contributed by atoms with van der Waals surface area (Å²) >= 11 is 13.3. The summed E-state index contributed by atoms with van der Waals surface area (Å²) in [6.45, 7) is 0.746. The molecule has 0 spiro atoms. The molecule has 0 unspecified atom stereocenters. The minimum absolute atomic E-state index is 0.513. The maximum atomic E-state index is 8.45. The van der Waals surface area contributed by atoms with Crippen LogP contribution < -0.4 is 5.32 Å². The number of aromatic nitrogens is 2. The summed E-state index contributed by atoms with van der Waals surface area (Å²) in [5.74, 6) is 0. The van der Waals surface area contributed by atoms with Crippen LogP contribution in [-0.4, -0.2) is 15.3 Å². The lowest BCUT2D eigenvalue weighted by Crippen LogP contribution is -2.02. The number of nitrogens with one attached hydrogen (secondary N) is 1. The van der Waals surface area contributed by atoms with E-state index in [9.17, 15) is 0 Å². The number of unbranched alkanes of at least 4 members (excludes halogenated alkanes) is 2. The second kappa shape index (κ2) is 6.19. The molecule has 1 aromatic carbocycles. The zero-order valence-corrected chi connectivity index (χ0v) is 11.7. The molecule has 0 aliphatic rings. The van der Waals surface area contributed by atoms with Crippen molar-refractivity contribution in [3.8, 4) is 6.07 Å². The molecule has 1 aromatic heterocycles. The average molecular weight is 301 g/mol. The van der Waals surface area contributed by atoms with Crippen molar-refractivity contribution in [2.24, 2.45) is 0 Å². The quantitative estimate of drug-likeness (QED) is 0.844. The zero-order chi connectivity index (χ0) is 13.0. The fourth-order valence-electron chi connectivity index (χ4n) is 1.58. The molecule has 0 radical (unpaired) electrons. The summed E-state index contributed by atoms with van der Waals surface area (Å²) < 4.78 is 8.34. The molecule has 1 N–H and O–H groups in total. The van der Waals surface area contributed by atoms with Gasteiger partial charge in [0.25, 0.3) is 0 Å². The summed E-state index contributed by atoms with van der Waals surface area (Å²) in [7, 11) is 0. The first-order valence-electron chi connectivity index (χ1n) is 5.45. The number of nitrogens with zero attached hydrogens (tertiary/aromatic N) is 3. The highest BCUT2D eigenvalue weighted by molar-refractivity contribution is 7.00. The first-order valence-corrected chi connectivity index (χ1v) is 6.93.